The highest BCUT2D eigenvalue weighted by Gasteiger charge is 2.72. The van der Waals surface area contributed by atoms with Crippen molar-refractivity contribution in [2.75, 3.05) is 36.0 Å². The number of hydrazone groups is 1. The number of carbonyl (C=O) groups is 2. The first-order valence-corrected chi connectivity index (χ1v) is 13.8. The Hall–Kier alpha value is -3.81. The lowest BCUT2D eigenvalue weighted by Crippen LogP contribution is -2.35. The van der Waals surface area contributed by atoms with E-state index >= 15 is 0 Å². The normalized spacial score (nSPS) is 25.8. The van der Waals surface area contributed by atoms with Gasteiger partial charge in [0.05, 0.1) is 29.9 Å². The van der Waals surface area contributed by atoms with Crippen LogP contribution in [0, 0.1) is 37.5 Å². The molecular formula is C28H34F4N8O2. The van der Waals surface area contributed by atoms with Crippen molar-refractivity contribution < 1.29 is 27.2 Å². The van der Waals surface area contributed by atoms with Crippen molar-refractivity contribution in [1.82, 2.24) is 26.2 Å². The molecule has 2 aromatic rings. The van der Waals surface area contributed by atoms with Gasteiger partial charge in [-0.3, -0.25) is 15.0 Å². The highest BCUT2D eigenvalue weighted by molar-refractivity contribution is 5.83. The molecule has 0 radical (unpaired) electrons. The molecule has 0 bridgehead atoms. The largest absolute Gasteiger partial charge is 0.356 e. The minimum atomic E-state index is -2.48. The average molecular weight is 591 g/mol. The summed E-state index contributed by atoms with van der Waals surface area (Å²) in [5.41, 5.74) is 10.9. The van der Waals surface area contributed by atoms with E-state index in [0.29, 0.717) is 38.5 Å². The van der Waals surface area contributed by atoms with E-state index in [1.807, 2.05) is 41.8 Å². The molecule has 0 aromatic carbocycles. The smallest absolute Gasteiger partial charge is 0.258 e. The highest BCUT2D eigenvalue weighted by Crippen LogP contribution is 2.60. The van der Waals surface area contributed by atoms with Crippen LogP contribution in [0.3, 0.4) is 0 Å². The zero-order valence-corrected chi connectivity index (χ0v) is 23.8. The average Bonchev–Trinajstić information content (AvgIpc) is 3.41. The SMILES string of the molecule is CC(=O)N/N=C/c1ccc(N2CC3C(C2)C3(F)F)nc1C.CC(=O)NNCc1ccc(N2CC3C(C2)C3(F)F)nc1C. The van der Waals surface area contributed by atoms with Gasteiger partial charge < -0.3 is 9.80 Å². The molecule has 4 unspecified atom stereocenters. The maximum atomic E-state index is 13.2. The second-order valence-corrected chi connectivity index (χ2v) is 11.3. The van der Waals surface area contributed by atoms with Crippen molar-refractivity contribution >= 4 is 29.7 Å². The monoisotopic (exact) mass is 590 g/mol. The number of hydrogen-bond acceptors (Lipinski definition) is 8. The number of amides is 2. The van der Waals surface area contributed by atoms with Crippen molar-refractivity contribution in [1.29, 1.82) is 0 Å². The van der Waals surface area contributed by atoms with Gasteiger partial charge in [-0.15, -0.1) is 0 Å². The Kier molecular flexibility index (Phi) is 7.86. The number of hydrogen-bond donors (Lipinski definition) is 3. The standard InChI is InChI=1S/C14H18F2N4O.C14H16F2N4O/c2*1-8-10(5-17-19-9(2)21)3-4-13(18-8)20-6-11-12(7-20)14(11,15)16/h3-4,11-12,17H,5-7H2,1-2H3,(H,19,21);3-5,11-12H,6-7H2,1-2H3,(H,19,21)/b;17-5+. The minimum absolute atomic E-state index is 0.158. The van der Waals surface area contributed by atoms with E-state index in [2.05, 4.69) is 31.3 Å². The van der Waals surface area contributed by atoms with Crippen molar-refractivity contribution in [2.24, 2.45) is 28.8 Å². The molecule has 2 aliphatic carbocycles. The van der Waals surface area contributed by atoms with Gasteiger partial charge in [-0.25, -0.2) is 38.4 Å². The number of anilines is 2. The van der Waals surface area contributed by atoms with Gasteiger partial charge in [0.15, 0.2) is 0 Å². The lowest BCUT2D eigenvalue weighted by molar-refractivity contribution is -0.120. The van der Waals surface area contributed by atoms with Crippen LogP contribution < -0.4 is 26.1 Å². The Morgan fingerprint density at radius 3 is 1.81 bits per heavy atom. The summed E-state index contributed by atoms with van der Waals surface area (Å²) in [6, 6.07) is 7.38. The zero-order chi connectivity index (χ0) is 30.4. The van der Waals surface area contributed by atoms with Crippen molar-refractivity contribution in [3.63, 3.8) is 0 Å². The van der Waals surface area contributed by atoms with Crippen LogP contribution in [0.25, 0.3) is 0 Å². The summed E-state index contributed by atoms with van der Waals surface area (Å²) in [5.74, 6) is -5.90. The van der Waals surface area contributed by atoms with Gasteiger partial charge in [0.25, 0.3) is 11.8 Å². The minimum Gasteiger partial charge on any atom is -0.356 e. The molecule has 4 heterocycles. The van der Waals surface area contributed by atoms with Crippen molar-refractivity contribution in [3.05, 3.63) is 46.8 Å². The number of pyridine rings is 2. The van der Waals surface area contributed by atoms with Crippen LogP contribution in [-0.2, 0) is 16.1 Å². The summed E-state index contributed by atoms with van der Waals surface area (Å²) in [6.45, 7) is 8.47. The Morgan fingerprint density at radius 2 is 1.36 bits per heavy atom. The maximum absolute atomic E-state index is 13.2. The number of halogens is 4. The van der Waals surface area contributed by atoms with Crippen molar-refractivity contribution in [2.45, 2.75) is 46.1 Å². The maximum Gasteiger partial charge on any atom is 0.258 e. The first-order valence-electron chi connectivity index (χ1n) is 13.8. The summed E-state index contributed by atoms with van der Waals surface area (Å²) >= 11 is 0. The van der Waals surface area contributed by atoms with Crippen LogP contribution >= 0.6 is 0 Å². The van der Waals surface area contributed by atoms with Crippen LogP contribution in [0.4, 0.5) is 29.2 Å². The molecule has 2 saturated carbocycles. The molecule has 226 valence electrons. The van der Waals surface area contributed by atoms with Crippen LogP contribution in [0.2, 0.25) is 0 Å². The molecule has 2 saturated heterocycles. The predicted molar refractivity (Wildman–Crippen MR) is 148 cm³/mol. The van der Waals surface area contributed by atoms with E-state index in [1.165, 1.54) is 20.1 Å². The molecular weight excluding hydrogens is 556 g/mol. The van der Waals surface area contributed by atoms with E-state index in [0.717, 1.165) is 28.3 Å². The molecule has 10 nitrogen and oxygen atoms in total. The summed E-state index contributed by atoms with van der Waals surface area (Å²) in [5, 5.41) is 3.79. The number of piperidine rings is 2. The van der Waals surface area contributed by atoms with E-state index in [9.17, 15) is 27.2 Å². The number of hydrazine groups is 1. The number of nitrogens with zero attached hydrogens (tertiary/aromatic N) is 5. The first kappa shape index (κ1) is 29.7. The van der Waals surface area contributed by atoms with E-state index in [4.69, 9.17) is 0 Å². The molecule has 2 aromatic heterocycles. The molecule has 2 amide bonds. The second-order valence-electron chi connectivity index (χ2n) is 11.3. The third-order valence-corrected chi connectivity index (χ3v) is 8.31. The molecule has 6 rings (SSSR count). The summed E-state index contributed by atoms with van der Waals surface area (Å²) in [7, 11) is 0. The summed E-state index contributed by atoms with van der Waals surface area (Å²) in [4.78, 5) is 34.2. The Balaban J connectivity index is 0.000000168. The molecule has 4 fully saturated rings. The molecule has 3 N–H and O–H groups in total. The van der Waals surface area contributed by atoms with Gasteiger partial charge in [0, 0.05) is 63.5 Å². The molecule has 4 atom stereocenters. The number of aryl methyl sites for hydroxylation is 2. The van der Waals surface area contributed by atoms with Gasteiger partial charge in [0.2, 0.25) is 11.8 Å². The topological polar surface area (TPSA) is 115 Å². The second kappa shape index (κ2) is 11.1. The number of alkyl halides is 4. The van der Waals surface area contributed by atoms with E-state index in [1.54, 1.807) is 6.07 Å². The summed E-state index contributed by atoms with van der Waals surface area (Å²) in [6.07, 6.45) is 1.52. The molecule has 0 spiro atoms. The fraction of sp³-hybridized carbons (Fsp3) is 0.536. The Bertz CT molecular complexity index is 1380. The van der Waals surface area contributed by atoms with Gasteiger partial charge in [0.1, 0.15) is 11.6 Å². The predicted octanol–water partition coefficient (Wildman–Crippen LogP) is 2.79. The lowest BCUT2D eigenvalue weighted by atomic mass is 10.2. The molecule has 14 heteroatoms. The van der Waals surface area contributed by atoms with Crippen molar-refractivity contribution in [3.8, 4) is 0 Å². The first-order chi connectivity index (χ1) is 19.8. The molecule has 42 heavy (non-hydrogen) atoms. The van der Waals surface area contributed by atoms with Crippen LogP contribution in [0.15, 0.2) is 29.4 Å². The lowest BCUT2D eigenvalue weighted by Gasteiger charge is -2.21. The molecule has 4 aliphatic rings. The van der Waals surface area contributed by atoms with Crippen LogP contribution in [0.5, 0.6) is 0 Å². The third kappa shape index (κ3) is 6.03. The zero-order valence-electron chi connectivity index (χ0n) is 23.8. The van der Waals surface area contributed by atoms with E-state index < -0.39 is 35.5 Å². The number of carbonyl (C=O) groups excluding carboxylic acids is 2. The summed E-state index contributed by atoms with van der Waals surface area (Å²) < 4.78 is 52.7. The fourth-order valence-corrected chi connectivity index (χ4v) is 5.66. The van der Waals surface area contributed by atoms with Gasteiger partial charge in [-0.05, 0) is 37.6 Å². The quantitative estimate of drug-likeness (QED) is 0.258. The third-order valence-electron chi connectivity index (χ3n) is 8.31. The fourth-order valence-electron chi connectivity index (χ4n) is 5.66. The molecule has 2 aliphatic heterocycles. The van der Waals surface area contributed by atoms with E-state index in [-0.39, 0.29) is 11.8 Å². The number of fused-ring (bicyclic) bond motifs is 2. The van der Waals surface area contributed by atoms with Crippen LogP contribution in [0.1, 0.15) is 36.4 Å². The number of rotatable bonds is 7. The van der Waals surface area contributed by atoms with Crippen LogP contribution in [-0.4, -0.2) is 66.0 Å². The van der Waals surface area contributed by atoms with Gasteiger partial charge in [-0.1, -0.05) is 6.07 Å². The van der Waals surface area contributed by atoms with Gasteiger partial charge >= 0.3 is 0 Å². The van der Waals surface area contributed by atoms with Gasteiger partial charge in [-0.2, -0.15) is 5.10 Å². The Labute approximate surface area is 240 Å². The number of nitrogens with one attached hydrogen (secondary N) is 3. The highest BCUT2D eigenvalue weighted by atomic mass is 19.3. The number of aromatic nitrogens is 2. The Morgan fingerprint density at radius 1 is 0.857 bits per heavy atom.